The lowest BCUT2D eigenvalue weighted by atomic mass is 10.1. The highest BCUT2D eigenvalue weighted by Crippen LogP contribution is 2.22. The number of aromatic nitrogens is 1. The van der Waals surface area contributed by atoms with Crippen molar-refractivity contribution in [3.05, 3.63) is 17.3 Å². The number of rotatable bonds is 1. The Morgan fingerprint density at radius 3 is 2.65 bits per heavy atom. The molecule has 5 N–H and O–H groups in total. The van der Waals surface area contributed by atoms with Crippen molar-refractivity contribution in [2.45, 2.75) is 47.0 Å². The number of amidine groups is 1. The van der Waals surface area contributed by atoms with Gasteiger partial charge in [0.05, 0.1) is 5.56 Å². The quantitative estimate of drug-likeness (QED) is 0.601. The van der Waals surface area contributed by atoms with Crippen LogP contribution in [-0.4, -0.2) is 23.2 Å². The maximum Gasteiger partial charge on any atom is 0.174 e. The van der Waals surface area contributed by atoms with Crippen LogP contribution in [0.4, 0.5) is 5.82 Å². The van der Waals surface area contributed by atoms with Crippen LogP contribution in [0.25, 0.3) is 0 Å². The zero-order chi connectivity index (χ0) is 13.0. The van der Waals surface area contributed by atoms with Gasteiger partial charge in [0.15, 0.2) is 6.29 Å². The van der Waals surface area contributed by atoms with E-state index in [0.717, 1.165) is 22.8 Å². The molecule has 0 fully saturated rings. The van der Waals surface area contributed by atoms with Crippen LogP contribution in [0.15, 0.2) is 11.2 Å². The molecular formula is C12H23N5. The molecule has 0 spiro atoms. The molecule has 1 aliphatic rings. The van der Waals surface area contributed by atoms with Crippen LogP contribution >= 0.6 is 0 Å². The lowest BCUT2D eigenvalue weighted by Crippen LogP contribution is -2.40. The summed E-state index contributed by atoms with van der Waals surface area (Å²) >= 11 is 0. The summed E-state index contributed by atoms with van der Waals surface area (Å²) in [6, 6.07) is 0.344. The third kappa shape index (κ3) is 3.00. The predicted molar refractivity (Wildman–Crippen MR) is 73.3 cm³/mol. The van der Waals surface area contributed by atoms with Crippen LogP contribution in [0, 0.1) is 6.92 Å². The van der Waals surface area contributed by atoms with Gasteiger partial charge < -0.3 is 15.6 Å². The molecule has 0 aliphatic carbocycles. The van der Waals surface area contributed by atoms with Gasteiger partial charge in [-0.2, -0.15) is 0 Å². The number of aromatic amines is 1. The van der Waals surface area contributed by atoms with Gasteiger partial charge in [0, 0.05) is 12.2 Å². The van der Waals surface area contributed by atoms with Crippen molar-refractivity contribution in [3.8, 4) is 0 Å². The smallest absolute Gasteiger partial charge is 0.174 e. The van der Waals surface area contributed by atoms with Crippen LogP contribution in [-0.2, 0) is 0 Å². The largest absolute Gasteiger partial charge is 0.367 e. The van der Waals surface area contributed by atoms with Gasteiger partial charge >= 0.3 is 0 Å². The number of fused-ring (bicyclic) bond motifs is 1. The molecule has 0 saturated heterocycles. The van der Waals surface area contributed by atoms with Crippen molar-refractivity contribution in [1.29, 1.82) is 0 Å². The van der Waals surface area contributed by atoms with Crippen LogP contribution in [0.5, 0.6) is 0 Å². The van der Waals surface area contributed by atoms with E-state index in [1.165, 1.54) is 0 Å². The number of nitrogens with zero attached hydrogens (tertiary/aromatic N) is 1. The first-order valence-corrected chi connectivity index (χ1v) is 6.12. The van der Waals surface area contributed by atoms with Gasteiger partial charge in [-0.3, -0.25) is 5.73 Å². The number of H-pyrrole nitrogens is 1. The molecule has 1 aromatic heterocycles. The minimum atomic E-state index is -0.378. The summed E-state index contributed by atoms with van der Waals surface area (Å²) < 4.78 is 0. The number of nitrogens with two attached hydrogens (primary N) is 1. The maximum atomic E-state index is 5.77. The average molecular weight is 237 g/mol. The zero-order valence-electron chi connectivity index (χ0n) is 11.3. The molecule has 5 nitrogen and oxygen atoms in total. The number of aliphatic imine (C=N–C) groups is 1. The van der Waals surface area contributed by atoms with E-state index in [1.807, 2.05) is 27.0 Å². The summed E-state index contributed by atoms with van der Waals surface area (Å²) in [6.45, 7) is 10.2. The highest BCUT2D eigenvalue weighted by Gasteiger charge is 2.21. The highest BCUT2D eigenvalue weighted by atomic mass is 15.3. The van der Waals surface area contributed by atoms with E-state index in [1.54, 1.807) is 0 Å². The maximum absolute atomic E-state index is 5.77. The topological polar surface area (TPSA) is 78.2 Å². The normalized spacial score (nSPS) is 17.6. The molecule has 0 radical (unpaired) electrons. The first-order chi connectivity index (χ1) is 8.08. The third-order valence-electron chi connectivity index (χ3n) is 2.30. The highest BCUT2D eigenvalue weighted by molar-refractivity contribution is 6.05. The second-order valence-electron chi connectivity index (χ2n) is 4.09. The van der Waals surface area contributed by atoms with E-state index in [9.17, 15) is 0 Å². The molecule has 1 unspecified atom stereocenters. The second kappa shape index (κ2) is 5.72. The first-order valence-electron chi connectivity index (χ1n) is 6.12. The molecule has 0 amide bonds. The molecule has 0 saturated carbocycles. The Kier molecular flexibility index (Phi) is 4.57. The molecule has 5 heteroatoms. The van der Waals surface area contributed by atoms with Crippen LogP contribution in [0.2, 0.25) is 0 Å². The Labute approximate surface area is 103 Å². The van der Waals surface area contributed by atoms with E-state index in [0.29, 0.717) is 6.04 Å². The standard InChI is InChI=1S/C10H17N5.C2H6/c1-5(2)13-9-7-6(3)4-12-8(7)14-10(11)15-9;1-2/h4-5,10,12,14H,11H2,1-3H3,(H,13,15);1-2H3. The number of nitrogens with one attached hydrogen (secondary N) is 3. The molecular weight excluding hydrogens is 214 g/mol. The summed E-state index contributed by atoms with van der Waals surface area (Å²) in [5, 5.41) is 6.38. The molecule has 2 rings (SSSR count). The second-order valence-corrected chi connectivity index (χ2v) is 4.09. The summed E-state index contributed by atoms with van der Waals surface area (Å²) in [5.74, 6) is 1.81. The van der Waals surface area contributed by atoms with Gasteiger partial charge in [0.2, 0.25) is 0 Å². The molecule has 1 atom stereocenters. The minimum absolute atomic E-state index is 0.344. The Bertz CT molecular complexity index is 392. The van der Waals surface area contributed by atoms with E-state index >= 15 is 0 Å². The Morgan fingerprint density at radius 2 is 2.06 bits per heavy atom. The number of hydrogen-bond acceptors (Lipinski definition) is 4. The van der Waals surface area contributed by atoms with Crippen molar-refractivity contribution < 1.29 is 0 Å². The van der Waals surface area contributed by atoms with Gasteiger partial charge in [0.1, 0.15) is 11.7 Å². The summed E-state index contributed by atoms with van der Waals surface area (Å²) in [4.78, 5) is 7.50. The van der Waals surface area contributed by atoms with Gasteiger partial charge in [0.25, 0.3) is 0 Å². The van der Waals surface area contributed by atoms with Gasteiger partial charge in [-0.15, -0.1) is 0 Å². The molecule has 17 heavy (non-hydrogen) atoms. The average Bonchev–Trinajstić information content (AvgIpc) is 2.62. The molecule has 0 aromatic carbocycles. The monoisotopic (exact) mass is 237 g/mol. The lowest BCUT2D eigenvalue weighted by molar-refractivity contribution is 0.709. The summed E-state index contributed by atoms with van der Waals surface area (Å²) in [5.41, 5.74) is 8.02. The zero-order valence-corrected chi connectivity index (χ0v) is 11.3. The SMILES string of the molecule is CC.Cc1c[nH]c2c1C(NC(C)C)=NC(N)N2. The summed E-state index contributed by atoms with van der Waals surface area (Å²) in [7, 11) is 0. The van der Waals surface area contributed by atoms with Crippen molar-refractivity contribution >= 4 is 11.7 Å². The van der Waals surface area contributed by atoms with Crippen molar-refractivity contribution in [1.82, 2.24) is 10.3 Å². The molecule has 1 aromatic rings. The number of anilines is 1. The summed E-state index contributed by atoms with van der Waals surface area (Å²) in [6.07, 6.45) is 1.57. The van der Waals surface area contributed by atoms with Crippen LogP contribution in [0.3, 0.4) is 0 Å². The molecule has 0 bridgehead atoms. The Morgan fingerprint density at radius 1 is 1.41 bits per heavy atom. The molecule has 1 aliphatic heterocycles. The van der Waals surface area contributed by atoms with Crippen molar-refractivity contribution in [2.24, 2.45) is 10.7 Å². The third-order valence-corrected chi connectivity index (χ3v) is 2.30. The first kappa shape index (κ1) is 13.6. The van der Waals surface area contributed by atoms with Crippen LogP contribution in [0.1, 0.15) is 38.8 Å². The van der Waals surface area contributed by atoms with E-state index in [-0.39, 0.29) is 6.29 Å². The molecule has 96 valence electrons. The molecule has 2 heterocycles. The fraction of sp³-hybridized carbons (Fsp3) is 0.583. The van der Waals surface area contributed by atoms with Gasteiger partial charge in [-0.05, 0) is 26.3 Å². The number of hydrogen-bond donors (Lipinski definition) is 4. The van der Waals surface area contributed by atoms with Crippen molar-refractivity contribution in [3.63, 3.8) is 0 Å². The number of aryl methyl sites for hydroxylation is 1. The van der Waals surface area contributed by atoms with Gasteiger partial charge in [-0.1, -0.05) is 13.8 Å². The lowest BCUT2D eigenvalue weighted by Gasteiger charge is -2.22. The Balaban J connectivity index is 0.000000686. The Hall–Kier alpha value is -1.49. The van der Waals surface area contributed by atoms with Gasteiger partial charge in [-0.25, -0.2) is 4.99 Å². The minimum Gasteiger partial charge on any atom is -0.367 e. The van der Waals surface area contributed by atoms with E-state index in [2.05, 4.69) is 34.5 Å². The van der Waals surface area contributed by atoms with Crippen LogP contribution < -0.4 is 16.4 Å². The van der Waals surface area contributed by atoms with E-state index < -0.39 is 0 Å². The fourth-order valence-electron chi connectivity index (χ4n) is 1.71. The van der Waals surface area contributed by atoms with Crippen molar-refractivity contribution in [2.75, 3.05) is 5.32 Å². The van der Waals surface area contributed by atoms with E-state index in [4.69, 9.17) is 5.73 Å². The predicted octanol–water partition coefficient (Wildman–Crippen LogP) is 1.76. The fourth-order valence-corrected chi connectivity index (χ4v) is 1.71.